The van der Waals surface area contributed by atoms with E-state index in [1.165, 1.54) is 0 Å². The van der Waals surface area contributed by atoms with Crippen LogP contribution < -0.4 is 10.1 Å². The van der Waals surface area contributed by atoms with Gasteiger partial charge in [0.1, 0.15) is 11.3 Å². The summed E-state index contributed by atoms with van der Waals surface area (Å²) in [4.78, 5) is 8.54. The minimum absolute atomic E-state index is 0.660. The summed E-state index contributed by atoms with van der Waals surface area (Å²) in [6.45, 7) is 0.740. The van der Waals surface area contributed by atoms with Crippen molar-refractivity contribution in [2.75, 3.05) is 7.05 Å². The first-order valence-electron chi connectivity index (χ1n) is 6.57. The molecule has 1 aromatic carbocycles. The van der Waals surface area contributed by atoms with Crippen LogP contribution in [-0.2, 0) is 6.54 Å². The van der Waals surface area contributed by atoms with E-state index in [2.05, 4.69) is 15.3 Å². The van der Waals surface area contributed by atoms with Gasteiger partial charge in [-0.15, -0.1) is 0 Å². The molecule has 3 aromatic rings. The van der Waals surface area contributed by atoms with Gasteiger partial charge in [0.25, 0.3) is 0 Å². The van der Waals surface area contributed by atoms with Gasteiger partial charge in [-0.25, -0.2) is 0 Å². The third-order valence-electron chi connectivity index (χ3n) is 3.06. The van der Waals surface area contributed by atoms with Gasteiger partial charge in [-0.3, -0.25) is 9.97 Å². The summed E-state index contributed by atoms with van der Waals surface area (Å²) in [5.41, 5.74) is 1.80. The Labute approximate surface area is 127 Å². The average molecular weight is 300 g/mol. The lowest BCUT2D eigenvalue weighted by Crippen LogP contribution is -2.05. The third kappa shape index (κ3) is 2.96. The van der Waals surface area contributed by atoms with Gasteiger partial charge >= 0.3 is 0 Å². The topological polar surface area (TPSA) is 47.0 Å². The summed E-state index contributed by atoms with van der Waals surface area (Å²) in [5.74, 6) is 1.34. The number of nitrogens with zero attached hydrogens (tertiary/aromatic N) is 2. The molecule has 21 heavy (non-hydrogen) atoms. The SMILES string of the molecule is CNCc1cncc(Oc2ccc(Cl)c3cccnc23)c1. The normalized spacial score (nSPS) is 10.8. The van der Waals surface area contributed by atoms with Crippen molar-refractivity contribution in [3.8, 4) is 11.5 Å². The van der Waals surface area contributed by atoms with Gasteiger partial charge in [0.15, 0.2) is 5.75 Å². The molecule has 0 bridgehead atoms. The highest BCUT2D eigenvalue weighted by Gasteiger charge is 2.08. The van der Waals surface area contributed by atoms with Crippen LogP contribution in [-0.4, -0.2) is 17.0 Å². The van der Waals surface area contributed by atoms with E-state index >= 15 is 0 Å². The summed E-state index contributed by atoms with van der Waals surface area (Å²) in [7, 11) is 1.89. The highest BCUT2D eigenvalue weighted by molar-refractivity contribution is 6.35. The molecule has 2 heterocycles. The van der Waals surface area contributed by atoms with Crippen molar-refractivity contribution in [3.05, 3.63) is 59.5 Å². The second-order valence-corrected chi connectivity index (χ2v) is 5.01. The Morgan fingerprint density at radius 2 is 2.14 bits per heavy atom. The van der Waals surface area contributed by atoms with E-state index in [-0.39, 0.29) is 0 Å². The van der Waals surface area contributed by atoms with Crippen molar-refractivity contribution in [2.24, 2.45) is 0 Å². The number of hydrogen-bond acceptors (Lipinski definition) is 4. The van der Waals surface area contributed by atoms with E-state index in [9.17, 15) is 0 Å². The molecular weight excluding hydrogens is 286 g/mol. The molecule has 0 radical (unpaired) electrons. The van der Waals surface area contributed by atoms with Crippen molar-refractivity contribution in [1.82, 2.24) is 15.3 Å². The molecule has 5 heteroatoms. The first kappa shape index (κ1) is 13.8. The summed E-state index contributed by atoms with van der Waals surface area (Å²) < 4.78 is 5.92. The standard InChI is InChI=1S/C16H14ClN3O/c1-18-8-11-7-12(10-19-9-11)21-15-5-4-14(17)13-3-2-6-20-16(13)15/h2-7,9-10,18H,8H2,1H3. The second-order valence-electron chi connectivity index (χ2n) is 4.61. The minimum Gasteiger partial charge on any atom is -0.453 e. The fourth-order valence-corrected chi connectivity index (χ4v) is 2.36. The fourth-order valence-electron chi connectivity index (χ4n) is 2.14. The molecule has 0 atom stereocenters. The molecule has 0 fully saturated rings. The molecule has 0 aliphatic rings. The van der Waals surface area contributed by atoms with Crippen LogP contribution in [0.5, 0.6) is 11.5 Å². The number of fused-ring (bicyclic) bond motifs is 1. The van der Waals surface area contributed by atoms with Gasteiger partial charge in [-0.2, -0.15) is 0 Å². The number of nitrogens with one attached hydrogen (secondary N) is 1. The molecule has 0 saturated carbocycles. The first-order valence-corrected chi connectivity index (χ1v) is 6.95. The van der Waals surface area contributed by atoms with Gasteiger partial charge < -0.3 is 10.1 Å². The predicted octanol–water partition coefficient (Wildman–Crippen LogP) is 3.79. The zero-order chi connectivity index (χ0) is 14.7. The van der Waals surface area contributed by atoms with Crippen LogP contribution in [0, 0.1) is 0 Å². The van der Waals surface area contributed by atoms with Crippen molar-refractivity contribution < 1.29 is 4.74 Å². The van der Waals surface area contributed by atoms with Crippen molar-refractivity contribution >= 4 is 22.5 Å². The molecule has 4 nitrogen and oxygen atoms in total. The van der Waals surface area contributed by atoms with E-state index < -0.39 is 0 Å². The third-order valence-corrected chi connectivity index (χ3v) is 3.39. The molecule has 106 valence electrons. The molecule has 3 rings (SSSR count). The van der Waals surface area contributed by atoms with Crippen LogP contribution in [0.2, 0.25) is 5.02 Å². The number of pyridine rings is 2. The smallest absolute Gasteiger partial charge is 0.153 e. The number of ether oxygens (including phenoxy) is 1. The number of hydrogen-bond donors (Lipinski definition) is 1. The van der Waals surface area contributed by atoms with Crippen LogP contribution in [0.1, 0.15) is 5.56 Å². The summed E-state index contributed by atoms with van der Waals surface area (Å²) >= 11 is 6.18. The summed E-state index contributed by atoms with van der Waals surface area (Å²) in [5, 5.41) is 4.62. The monoisotopic (exact) mass is 299 g/mol. The van der Waals surface area contributed by atoms with Crippen LogP contribution in [0.25, 0.3) is 10.9 Å². The molecule has 0 aliphatic carbocycles. The predicted molar refractivity (Wildman–Crippen MR) is 83.8 cm³/mol. The van der Waals surface area contributed by atoms with E-state index in [1.54, 1.807) is 12.4 Å². The molecular formula is C16H14ClN3O. The summed E-state index contributed by atoms with van der Waals surface area (Å²) in [6.07, 6.45) is 5.21. The van der Waals surface area contributed by atoms with Crippen molar-refractivity contribution in [1.29, 1.82) is 0 Å². The highest BCUT2D eigenvalue weighted by atomic mass is 35.5. The maximum atomic E-state index is 6.18. The fraction of sp³-hybridized carbons (Fsp3) is 0.125. The molecule has 0 amide bonds. The van der Waals surface area contributed by atoms with E-state index in [0.717, 1.165) is 23.0 Å². The maximum Gasteiger partial charge on any atom is 0.153 e. The molecule has 0 spiro atoms. The van der Waals surface area contributed by atoms with Gasteiger partial charge in [0.05, 0.1) is 11.2 Å². The zero-order valence-electron chi connectivity index (χ0n) is 11.5. The largest absolute Gasteiger partial charge is 0.453 e. The van der Waals surface area contributed by atoms with Crippen LogP contribution in [0.4, 0.5) is 0 Å². The molecule has 0 saturated heterocycles. The molecule has 0 unspecified atom stereocenters. The van der Waals surface area contributed by atoms with Gasteiger partial charge in [0, 0.05) is 24.3 Å². The maximum absolute atomic E-state index is 6.18. The van der Waals surface area contributed by atoms with E-state index in [1.807, 2.05) is 43.6 Å². The Morgan fingerprint density at radius 1 is 1.24 bits per heavy atom. The first-order chi connectivity index (χ1) is 10.3. The van der Waals surface area contributed by atoms with Crippen LogP contribution in [0.15, 0.2) is 48.9 Å². The Bertz CT molecular complexity index is 776. The second kappa shape index (κ2) is 6.08. The zero-order valence-corrected chi connectivity index (χ0v) is 12.3. The van der Waals surface area contributed by atoms with Crippen LogP contribution >= 0.6 is 11.6 Å². The summed E-state index contributed by atoms with van der Waals surface area (Å²) in [6, 6.07) is 9.36. The average Bonchev–Trinajstić information content (AvgIpc) is 2.51. The highest BCUT2D eigenvalue weighted by Crippen LogP contribution is 2.32. The van der Waals surface area contributed by atoms with E-state index in [4.69, 9.17) is 16.3 Å². The number of aromatic nitrogens is 2. The molecule has 0 aliphatic heterocycles. The van der Waals surface area contributed by atoms with Gasteiger partial charge in [0.2, 0.25) is 0 Å². The lowest BCUT2D eigenvalue weighted by Gasteiger charge is -2.10. The van der Waals surface area contributed by atoms with Crippen molar-refractivity contribution in [3.63, 3.8) is 0 Å². The number of halogens is 1. The Balaban J connectivity index is 1.98. The Kier molecular flexibility index (Phi) is 3.99. The number of benzene rings is 1. The molecule has 1 N–H and O–H groups in total. The van der Waals surface area contributed by atoms with Gasteiger partial charge in [-0.1, -0.05) is 11.6 Å². The van der Waals surface area contributed by atoms with Gasteiger partial charge in [-0.05, 0) is 42.9 Å². The molecule has 2 aromatic heterocycles. The van der Waals surface area contributed by atoms with E-state index in [0.29, 0.717) is 16.5 Å². The Hall–Kier alpha value is -2.17. The van der Waals surface area contributed by atoms with Crippen LogP contribution in [0.3, 0.4) is 0 Å². The quantitative estimate of drug-likeness (QED) is 0.796. The Morgan fingerprint density at radius 3 is 3.00 bits per heavy atom. The minimum atomic E-state index is 0.660. The number of rotatable bonds is 4. The lowest BCUT2D eigenvalue weighted by molar-refractivity contribution is 0.483. The van der Waals surface area contributed by atoms with Crippen molar-refractivity contribution in [2.45, 2.75) is 6.54 Å². The lowest BCUT2D eigenvalue weighted by atomic mass is 10.2.